The largest absolute Gasteiger partial charge is 0.430 e. The SMILES string of the molecule is COOCOC(c1ccc(C(OCOOC)(C(F)(F)F)C(F)(F)F)cc1)(C(F)(F)F)C(F)(F)F. The lowest BCUT2D eigenvalue weighted by atomic mass is 9.86. The van der Waals surface area contributed by atoms with Crippen LogP contribution in [0.3, 0.4) is 0 Å². The van der Waals surface area contributed by atoms with Crippen molar-refractivity contribution in [3.05, 3.63) is 35.4 Å². The molecule has 6 nitrogen and oxygen atoms in total. The summed E-state index contributed by atoms with van der Waals surface area (Å²) in [6.45, 7) is -3.55. The van der Waals surface area contributed by atoms with Crippen LogP contribution in [0.2, 0.25) is 0 Å². The molecule has 1 aromatic rings. The molecule has 34 heavy (non-hydrogen) atoms. The standard InChI is InChI=1S/C16H14F12O6/c1-29-33-7-31-11(13(17,18)19,14(20,21)22)9-3-5-10(6-4-9)12(15(23,24)25,16(26,27)28)32-8-34-30-2/h3-6H,7-8H2,1-2H3. The first-order valence-corrected chi connectivity index (χ1v) is 8.30. The van der Waals surface area contributed by atoms with Crippen molar-refractivity contribution in [1.82, 2.24) is 0 Å². The fourth-order valence-electron chi connectivity index (χ4n) is 2.73. The molecule has 198 valence electrons. The van der Waals surface area contributed by atoms with Gasteiger partial charge in [-0.1, -0.05) is 24.3 Å². The zero-order chi connectivity index (χ0) is 26.6. The van der Waals surface area contributed by atoms with Gasteiger partial charge in [0.05, 0.1) is 14.2 Å². The molecule has 0 spiro atoms. The highest BCUT2D eigenvalue weighted by Crippen LogP contribution is 2.55. The van der Waals surface area contributed by atoms with Gasteiger partial charge in [0.25, 0.3) is 11.2 Å². The highest BCUT2D eigenvalue weighted by Gasteiger charge is 2.75. The van der Waals surface area contributed by atoms with Gasteiger partial charge in [0.2, 0.25) is 0 Å². The molecule has 0 radical (unpaired) electrons. The van der Waals surface area contributed by atoms with Crippen molar-refractivity contribution >= 4 is 0 Å². The monoisotopic (exact) mass is 530 g/mol. The summed E-state index contributed by atoms with van der Waals surface area (Å²) in [5.41, 5.74) is -14.3. The van der Waals surface area contributed by atoms with Crippen LogP contribution in [-0.2, 0) is 40.2 Å². The fraction of sp³-hybridized carbons (Fsp3) is 0.625. The zero-order valence-corrected chi connectivity index (χ0v) is 16.7. The van der Waals surface area contributed by atoms with E-state index in [9.17, 15) is 52.7 Å². The third-order valence-electron chi connectivity index (χ3n) is 4.18. The molecule has 0 bridgehead atoms. The Bertz CT molecular complexity index is 676. The molecule has 0 heterocycles. The van der Waals surface area contributed by atoms with Crippen LogP contribution in [0.25, 0.3) is 0 Å². The van der Waals surface area contributed by atoms with Gasteiger partial charge in [0.15, 0.2) is 13.6 Å². The molecule has 0 fully saturated rings. The maximum absolute atomic E-state index is 13.5. The van der Waals surface area contributed by atoms with Crippen LogP contribution < -0.4 is 0 Å². The first kappa shape index (κ1) is 30.2. The fourth-order valence-corrected chi connectivity index (χ4v) is 2.73. The molecular formula is C16H14F12O6. The minimum Gasteiger partial charge on any atom is -0.324 e. The first-order chi connectivity index (χ1) is 15.3. The molecule has 0 aliphatic rings. The Morgan fingerprint density at radius 2 is 0.735 bits per heavy atom. The summed E-state index contributed by atoms with van der Waals surface area (Å²) in [5.74, 6) is 0. The Morgan fingerprint density at radius 1 is 0.500 bits per heavy atom. The summed E-state index contributed by atoms with van der Waals surface area (Å²) in [6, 6.07) is -1.13. The Morgan fingerprint density at radius 3 is 0.912 bits per heavy atom. The van der Waals surface area contributed by atoms with Gasteiger partial charge in [0, 0.05) is 11.1 Å². The van der Waals surface area contributed by atoms with Crippen LogP contribution in [0.15, 0.2) is 24.3 Å². The molecule has 0 saturated carbocycles. The third-order valence-corrected chi connectivity index (χ3v) is 4.18. The molecule has 0 aromatic heterocycles. The van der Waals surface area contributed by atoms with E-state index in [4.69, 9.17) is 0 Å². The lowest BCUT2D eigenvalue weighted by Gasteiger charge is -2.38. The lowest BCUT2D eigenvalue weighted by Crippen LogP contribution is -2.57. The minimum atomic E-state index is -6.31. The van der Waals surface area contributed by atoms with Crippen molar-refractivity contribution < 1.29 is 81.7 Å². The van der Waals surface area contributed by atoms with Gasteiger partial charge in [-0.2, -0.15) is 52.7 Å². The Labute approximate surface area is 182 Å². The number of benzene rings is 1. The van der Waals surface area contributed by atoms with Crippen LogP contribution in [0.5, 0.6) is 0 Å². The first-order valence-electron chi connectivity index (χ1n) is 8.30. The van der Waals surface area contributed by atoms with E-state index in [1.54, 1.807) is 0 Å². The molecule has 1 aromatic carbocycles. The van der Waals surface area contributed by atoms with Crippen molar-refractivity contribution in [2.24, 2.45) is 0 Å². The van der Waals surface area contributed by atoms with E-state index in [2.05, 4.69) is 29.0 Å². The number of halogens is 12. The van der Waals surface area contributed by atoms with Gasteiger partial charge in [-0.25, -0.2) is 19.6 Å². The van der Waals surface area contributed by atoms with Gasteiger partial charge >= 0.3 is 24.7 Å². The average molecular weight is 530 g/mol. The maximum atomic E-state index is 13.5. The minimum absolute atomic E-state index is 0.282. The van der Waals surface area contributed by atoms with Crippen LogP contribution >= 0.6 is 0 Å². The quantitative estimate of drug-likeness (QED) is 0.132. The molecule has 0 aliphatic heterocycles. The highest BCUT2D eigenvalue weighted by atomic mass is 19.4. The molecule has 0 aliphatic carbocycles. The van der Waals surface area contributed by atoms with Crippen LogP contribution in [0, 0.1) is 0 Å². The van der Waals surface area contributed by atoms with Crippen LogP contribution in [0.4, 0.5) is 52.7 Å². The Kier molecular flexibility index (Phi) is 9.23. The summed E-state index contributed by atoms with van der Waals surface area (Å²) in [4.78, 5) is 15.4. The van der Waals surface area contributed by atoms with Crippen molar-refractivity contribution in [3.8, 4) is 0 Å². The molecule has 0 unspecified atom stereocenters. The van der Waals surface area contributed by atoms with E-state index >= 15 is 0 Å². The summed E-state index contributed by atoms with van der Waals surface area (Å²) in [6.07, 6.45) is -25.2. The van der Waals surface area contributed by atoms with E-state index in [-0.39, 0.29) is 24.3 Å². The summed E-state index contributed by atoms with van der Waals surface area (Å²) in [5, 5.41) is 0. The molecular weight excluding hydrogens is 516 g/mol. The summed E-state index contributed by atoms with van der Waals surface area (Å²) < 4.78 is 170. The molecule has 1 rings (SSSR count). The van der Waals surface area contributed by atoms with Gasteiger partial charge in [-0.3, -0.25) is 0 Å². The summed E-state index contributed by atoms with van der Waals surface area (Å²) >= 11 is 0. The molecule has 0 N–H and O–H groups in total. The van der Waals surface area contributed by atoms with E-state index in [1.807, 2.05) is 0 Å². The third kappa shape index (κ3) is 5.51. The second-order valence-electron chi connectivity index (χ2n) is 6.02. The van der Waals surface area contributed by atoms with Crippen molar-refractivity contribution in [3.63, 3.8) is 0 Å². The molecule has 18 heteroatoms. The number of hydrogen-bond acceptors (Lipinski definition) is 6. The Balaban J connectivity index is 3.77. The number of alkyl halides is 12. The molecule has 0 atom stereocenters. The van der Waals surface area contributed by atoms with E-state index in [0.717, 1.165) is 0 Å². The Hall–Kier alpha value is -1.86. The van der Waals surface area contributed by atoms with E-state index in [1.165, 1.54) is 0 Å². The smallest absolute Gasteiger partial charge is 0.324 e. The predicted molar refractivity (Wildman–Crippen MR) is 82.1 cm³/mol. The van der Waals surface area contributed by atoms with Crippen molar-refractivity contribution in [2.75, 3.05) is 27.8 Å². The average Bonchev–Trinajstić information content (AvgIpc) is 2.65. The van der Waals surface area contributed by atoms with Crippen LogP contribution in [-0.4, -0.2) is 52.5 Å². The second-order valence-corrected chi connectivity index (χ2v) is 6.02. The number of rotatable bonds is 10. The maximum Gasteiger partial charge on any atom is 0.430 e. The predicted octanol–water partition coefficient (Wildman–Crippen LogP) is 5.43. The van der Waals surface area contributed by atoms with Gasteiger partial charge < -0.3 is 9.47 Å². The lowest BCUT2D eigenvalue weighted by molar-refractivity contribution is -0.430. The second kappa shape index (κ2) is 10.4. The van der Waals surface area contributed by atoms with Crippen LogP contribution in [0.1, 0.15) is 11.1 Å². The normalized spacial score (nSPS) is 14.5. The number of hydrogen-bond donors (Lipinski definition) is 0. The topological polar surface area (TPSA) is 55.4 Å². The van der Waals surface area contributed by atoms with Gasteiger partial charge in [0.1, 0.15) is 0 Å². The van der Waals surface area contributed by atoms with Gasteiger partial charge in [-0.15, -0.1) is 0 Å². The zero-order valence-electron chi connectivity index (χ0n) is 16.7. The van der Waals surface area contributed by atoms with Crippen molar-refractivity contribution in [2.45, 2.75) is 35.9 Å². The van der Waals surface area contributed by atoms with E-state index in [0.29, 0.717) is 14.2 Å². The van der Waals surface area contributed by atoms with Gasteiger partial charge in [-0.05, 0) is 0 Å². The molecule has 0 saturated heterocycles. The number of ether oxygens (including phenoxy) is 2. The van der Waals surface area contributed by atoms with Crippen molar-refractivity contribution in [1.29, 1.82) is 0 Å². The van der Waals surface area contributed by atoms with E-state index < -0.39 is 60.6 Å². The molecule has 0 amide bonds. The highest BCUT2D eigenvalue weighted by molar-refractivity contribution is 5.35. The summed E-state index contributed by atoms with van der Waals surface area (Å²) in [7, 11) is 1.42.